The Bertz CT molecular complexity index is 1020. The maximum atomic E-state index is 12.2. The molecule has 0 bridgehead atoms. The molecule has 0 fully saturated rings. The fourth-order valence-corrected chi connectivity index (χ4v) is 3.88. The van der Waals surface area contributed by atoms with Crippen LogP contribution in [0.15, 0.2) is 69.4 Å². The van der Waals surface area contributed by atoms with Crippen molar-refractivity contribution in [3.05, 3.63) is 91.4 Å². The predicted octanol–water partition coefficient (Wildman–Crippen LogP) is 3.96. The third-order valence-corrected chi connectivity index (χ3v) is 5.31. The number of anilines is 2. The third-order valence-electron chi connectivity index (χ3n) is 4.58. The number of hydrogen-bond donors (Lipinski definition) is 2. The zero-order valence-electron chi connectivity index (χ0n) is 20.1. The molecule has 0 aliphatic rings. The highest BCUT2D eigenvalue weighted by atomic mass is 32.1. The van der Waals surface area contributed by atoms with Crippen LogP contribution in [-0.2, 0) is 12.8 Å². The summed E-state index contributed by atoms with van der Waals surface area (Å²) < 4.78 is 0. The minimum absolute atomic E-state index is 0.394. The third kappa shape index (κ3) is 9.92. The number of nitrogens with one attached hydrogen (secondary N) is 2. The summed E-state index contributed by atoms with van der Waals surface area (Å²) in [6.07, 6.45) is 20.4. The Morgan fingerprint density at radius 3 is 2.18 bits per heavy atom. The van der Waals surface area contributed by atoms with Gasteiger partial charge in [-0.15, -0.1) is 32.3 Å². The lowest BCUT2D eigenvalue weighted by Gasteiger charge is -2.26. The fraction of sp³-hybridized carbons (Fsp3) is 0.286. The molecule has 0 spiro atoms. The minimum atomic E-state index is -0.410. The van der Waals surface area contributed by atoms with Gasteiger partial charge in [-0.05, 0) is 61.3 Å². The van der Waals surface area contributed by atoms with Crippen molar-refractivity contribution in [2.24, 2.45) is 0 Å². The van der Waals surface area contributed by atoms with E-state index >= 15 is 0 Å². The van der Waals surface area contributed by atoms with Crippen LogP contribution in [0.1, 0.15) is 17.5 Å². The van der Waals surface area contributed by atoms with Crippen molar-refractivity contribution >= 4 is 22.7 Å². The molecule has 0 saturated heterocycles. The fourth-order valence-electron chi connectivity index (χ4n) is 3.18. The highest BCUT2D eigenvalue weighted by molar-refractivity contribution is 7.07. The molecule has 5 nitrogen and oxygen atoms in total. The predicted molar refractivity (Wildman–Crippen MR) is 150 cm³/mol. The first kappa shape index (κ1) is 30.4. The van der Waals surface area contributed by atoms with Crippen LogP contribution in [0.3, 0.4) is 0 Å². The van der Waals surface area contributed by atoms with E-state index in [-0.39, 0.29) is 0 Å². The zero-order valence-corrected chi connectivity index (χ0v) is 20.9. The lowest BCUT2D eigenvalue weighted by Crippen LogP contribution is -2.43. The molecule has 180 valence electrons. The van der Waals surface area contributed by atoms with E-state index in [4.69, 9.17) is 0 Å². The Hall–Kier alpha value is -3.58. The molecule has 0 amide bonds. The number of rotatable bonds is 11. The van der Waals surface area contributed by atoms with E-state index in [0.29, 0.717) is 31.0 Å². The van der Waals surface area contributed by atoms with Crippen molar-refractivity contribution in [3.8, 4) is 25.7 Å². The summed E-state index contributed by atoms with van der Waals surface area (Å²) in [6, 6.07) is 12.3. The summed E-state index contributed by atoms with van der Waals surface area (Å²) in [7, 11) is 3.75. The lowest BCUT2D eigenvalue weighted by molar-refractivity contribution is 0.758. The SMILES string of the molecule is C#C.C#C.C=CCN(CCCc1ccccc1)c1c(NCCc2ccsc2)c(=O)c1=O.CNC. The van der Waals surface area contributed by atoms with Crippen molar-refractivity contribution in [2.45, 2.75) is 19.3 Å². The number of thiophene rings is 1. The Labute approximate surface area is 208 Å². The Kier molecular flexibility index (Phi) is 16.9. The van der Waals surface area contributed by atoms with Crippen LogP contribution >= 0.6 is 11.3 Å². The summed E-state index contributed by atoms with van der Waals surface area (Å²) in [5.41, 5.74) is 2.67. The second-order valence-corrected chi connectivity index (χ2v) is 7.79. The van der Waals surface area contributed by atoms with Gasteiger partial charge in [0.1, 0.15) is 11.4 Å². The van der Waals surface area contributed by atoms with Gasteiger partial charge in [0.05, 0.1) is 0 Å². The monoisotopic (exact) mass is 477 g/mol. The highest BCUT2D eigenvalue weighted by Crippen LogP contribution is 2.21. The molecule has 3 aromatic rings. The summed E-state index contributed by atoms with van der Waals surface area (Å²) in [6.45, 7) is 5.70. The van der Waals surface area contributed by atoms with E-state index < -0.39 is 10.9 Å². The molecule has 0 saturated carbocycles. The second-order valence-electron chi connectivity index (χ2n) is 7.01. The van der Waals surface area contributed by atoms with Crippen LogP contribution in [0, 0.1) is 25.7 Å². The van der Waals surface area contributed by atoms with Crippen LogP contribution in [-0.4, -0.2) is 33.7 Å². The standard InChI is InChI=1S/C22H24N2O2S.C2H7N.2C2H2/c1-2-13-24(14-6-9-17-7-4-3-5-8-17)20-19(21(25)22(20)26)23-12-10-18-11-15-27-16-18;1-3-2;2*1-2/h2-5,7-8,11,15-16,23H,1,6,9-10,12-14H2;3H,1-2H3;2*1-2H. The van der Waals surface area contributed by atoms with Crippen molar-refractivity contribution in [2.75, 3.05) is 43.9 Å². The molecule has 3 rings (SSSR count). The van der Waals surface area contributed by atoms with Gasteiger partial charge < -0.3 is 15.5 Å². The first-order valence-electron chi connectivity index (χ1n) is 10.9. The van der Waals surface area contributed by atoms with Gasteiger partial charge in [0.25, 0.3) is 10.9 Å². The molecule has 0 aliphatic carbocycles. The van der Waals surface area contributed by atoms with Gasteiger partial charge in [-0.2, -0.15) is 11.3 Å². The van der Waals surface area contributed by atoms with Crippen molar-refractivity contribution in [3.63, 3.8) is 0 Å². The Morgan fingerprint density at radius 2 is 1.62 bits per heavy atom. The quantitative estimate of drug-likeness (QED) is 0.249. The number of nitrogens with zero attached hydrogens (tertiary/aromatic N) is 1. The summed E-state index contributed by atoms with van der Waals surface area (Å²) in [5.74, 6) is 0. The first-order valence-corrected chi connectivity index (χ1v) is 11.8. The van der Waals surface area contributed by atoms with Crippen molar-refractivity contribution in [1.29, 1.82) is 0 Å². The average Bonchev–Trinajstić information content (AvgIpc) is 3.40. The topological polar surface area (TPSA) is 61.4 Å². The molecule has 2 aromatic carbocycles. The van der Waals surface area contributed by atoms with Gasteiger partial charge in [-0.25, -0.2) is 0 Å². The van der Waals surface area contributed by atoms with Gasteiger partial charge in [-0.3, -0.25) is 9.59 Å². The molecule has 6 heteroatoms. The van der Waals surface area contributed by atoms with Crippen LogP contribution in [0.5, 0.6) is 0 Å². The normalized spacial score (nSPS) is 9.24. The van der Waals surface area contributed by atoms with Crippen molar-refractivity contribution < 1.29 is 0 Å². The van der Waals surface area contributed by atoms with E-state index in [2.05, 4.69) is 66.5 Å². The van der Waals surface area contributed by atoms with E-state index in [9.17, 15) is 9.59 Å². The summed E-state index contributed by atoms with van der Waals surface area (Å²) in [4.78, 5) is 26.2. The molecule has 0 unspecified atom stereocenters. The minimum Gasteiger partial charge on any atom is -0.380 e. The number of hydrogen-bond acceptors (Lipinski definition) is 6. The molecule has 0 aliphatic heterocycles. The Balaban J connectivity index is 0.00000141. The average molecular weight is 478 g/mol. The summed E-state index contributed by atoms with van der Waals surface area (Å²) >= 11 is 1.66. The van der Waals surface area contributed by atoms with Crippen molar-refractivity contribution in [1.82, 2.24) is 5.32 Å². The van der Waals surface area contributed by atoms with Gasteiger partial charge in [0.2, 0.25) is 0 Å². The second kappa shape index (κ2) is 18.9. The maximum Gasteiger partial charge on any atom is 0.253 e. The maximum absolute atomic E-state index is 12.2. The summed E-state index contributed by atoms with van der Waals surface area (Å²) in [5, 5.41) is 10.1. The van der Waals surface area contributed by atoms with Gasteiger partial charge in [0, 0.05) is 19.6 Å². The number of aryl methyl sites for hydroxylation is 1. The lowest BCUT2D eigenvalue weighted by atomic mass is 10.1. The molecule has 0 radical (unpaired) electrons. The molecule has 1 heterocycles. The smallest absolute Gasteiger partial charge is 0.253 e. The number of terminal acetylenes is 2. The highest BCUT2D eigenvalue weighted by Gasteiger charge is 2.25. The van der Waals surface area contributed by atoms with Crippen LogP contribution < -0.4 is 26.4 Å². The van der Waals surface area contributed by atoms with Crippen LogP contribution in [0.4, 0.5) is 11.4 Å². The van der Waals surface area contributed by atoms with Gasteiger partial charge in [0.15, 0.2) is 0 Å². The largest absolute Gasteiger partial charge is 0.380 e. The molecule has 2 N–H and O–H groups in total. The Morgan fingerprint density at radius 1 is 0.971 bits per heavy atom. The van der Waals surface area contributed by atoms with Gasteiger partial charge in [-0.1, -0.05) is 36.4 Å². The van der Waals surface area contributed by atoms with Gasteiger partial charge >= 0.3 is 0 Å². The first-order chi connectivity index (χ1) is 16.6. The van der Waals surface area contributed by atoms with E-state index in [1.54, 1.807) is 17.4 Å². The molecular formula is C28H35N3O2S. The molecule has 0 atom stereocenters. The number of benzene rings is 1. The van der Waals surface area contributed by atoms with E-state index in [1.807, 2.05) is 42.6 Å². The van der Waals surface area contributed by atoms with E-state index in [1.165, 1.54) is 11.1 Å². The zero-order chi connectivity index (χ0) is 25.8. The van der Waals surface area contributed by atoms with E-state index in [0.717, 1.165) is 19.3 Å². The molecule has 1 aromatic heterocycles. The van der Waals surface area contributed by atoms with Crippen LogP contribution in [0.2, 0.25) is 0 Å². The van der Waals surface area contributed by atoms with Crippen LogP contribution in [0.25, 0.3) is 0 Å². The molecule has 34 heavy (non-hydrogen) atoms. The molecular weight excluding hydrogens is 442 g/mol.